The molecule has 0 aromatic rings. The molecule has 0 heterocycles. The smallest absolute Gasteiger partial charge is 0.305 e. The molecule has 3 N–H and O–H groups in total. The van der Waals surface area contributed by atoms with Gasteiger partial charge in [-0.15, -0.1) is 0 Å². The predicted molar refractivity (Wildman–Crippen MR) is 352 cm³/mol. The lowest BCUT2D eigenvalue weighted by Gasteiger charge is -2.20. The quantitative estimate of drug-likeness (QED) is 0.0320. The van der Waals surface area contributed by atoms with E-state index in [1.165, 1.54) is 289 Å². The number of aliphatic hydroxyl groups is 2. The number of allylic oxidation sites excluding steroid dienone is 9. The maximum atomic E-state index is 12.4. The fourth-order valence-corrected chi connectivity index (χ4v) is 10.8. The van der Waals surface area contributed by atoms with Crippen LogP contribution in [-0.4, -0.2) is 47.4 Å². The van der Waals surface area contributed by atoms with E-state index in [0.717, 1.165) is 57.8 Å². The molecule has 2 unspecified atom stereocenters. The van der Waals surface area contributed by atoms with Crippen LogP contribution in [0.5, 0.6) is 0 Å². The van der Waals surface area contributed by atoms with E-state index in [4.69, 9.17) is 4.74 Å². The van der Waals surface area contributed by atoms with Gasteiger partial charge in [-0.3, -0.25) is 9.59 Å². The average molecular weight is 1120 g/mol. The topological polar surface area (TPSA) is 95.9 Å². The Kier molecular flexibility index (Phi) is 66.9. The van der Waals surface area contributed by atoms with Crippen molar-refractivity contribution in [1.82, 2.24) is 5.32 Å². The number of hydrogen-bond acceptors (Lipinski definition) is 5. The number of unbranched alkanes of at least 4 members (excludes halogenated alkanes) is 47. The molecule has 0 saturated heterocycles. The highest BCUT2D eigenvalue weighted by atomic mass is 16.5. The van der Waals surface area contributed by atoms with Crippen LogP contribution in [0.25, 0.3) is 0 Å². The van der Waals surface area contributed by atoms with E-state index in [2.05, 4.69) is 67.8 Å². The highest BCUT2D eigenvalue weighted by molar-refractivity contribution is 5.76. The highest BCUT2D eigenvalue weighted by Gasteiger charge is 2.18. The van der Waals surface area contributed by atoms with E-state index < -0.39 is 12.1 Å². The fraction of sp³-hybridized carbons (Fsp3) is 0.838. The van der Waals surface area contributed by atoms with Crippen molar-refractivity contribution < 1.29 is 24.5 Å². The van der Waals surface area contributed by atoms with Crippen molar-refractivity contribution in [3.63, 3.8) is 0 Å². The van der Waals surface area contributed by atoms with Crippen LogP contribution in [0.4, 0.5) is 0 Å². The van der Waals surface area contributed by atoms with Crippen molar-refractivity contribution in [3.05, 3.63) is 60.8 Å². The number of carbonyl (C=O) groups excluding carboxylic acids is 2. The molecule has 468 valence electrons. The SMILES string of the molecule is CCCCC/C=C\C/C=C\CCCCCCCCCCCC(=O)OCCCCCCCCCCCCC/C=C\C/C=C\CCCCCCCCCCCCCCCCCCCC(=O)NC(CO)C(O)/C=C/CCCCCCCCC. The number of nitrogens with one attached hydrogen (secondary N) is 1. The van der Waals surface area contributed by atoms with Gasteiger partial charge < -0.3 is 20.3 Å². The van der Waals surface area contributed by atoms with Crippen LogP contribution in [0.2, 0.25) is 0 Å². The van der Waals surface area contributed by atoms with Gasteiger partial charge in [0, 0.05) is 12.8 Å². The first-order valence-corrected chi connectivity index (χ1v) is 35.6. The molecule has 0 saturated carbocycles. The first-order valence-electron chi connectivity index (χ1n) is 35.6. The molecule has 0 radical (unpaired) electrons. The maximum Gasteiger partial charge on any atom is 0.305 e. The number of carbonyl (C=O) groups is 2. The number of aliphatic hydroxyl groups excluding tert-OH is 2. The van der Waals surface area contributed by atoms with Gasteiger partial charge in [-0.1, -0.05) is 325 Å². The summed E-state index contributed by atoms with van der Waals surface area (Å²) in [6.07, 6.45) is 91.8. The van der Waals surface area contributed by atoms with Crippen LogP contribution in [0.1, 0.15) is 373 Å². The summed E-state index contributed by atoms with van der Waals surface area (Å²) in [4.78, 5) is 24.5. The van der Waals surface area contributed by atoms with Gasteiger partial charge in [-0.2, -0.15) is 0 Å². The van der Waals surface area contributed by atoms with Crippen LogP contribution in [-0.2, 0) is 14.3 Å². The zero-order valence-electron chi connectivity index (χ0n) is 53.6. The second kappa shape index (κ2) is 69.1. The number of ether oxygens (including phenoxy) is 1. The van der Waals surface area contributed by atoms with E-state index in [1.54, 1.807) is 6.08 Å². The van der Waals surface area contributed by atoms with Crippen LogP contribution in [0, 0.1) is 0 Å². The van der Waals surface area contributed by atoms with Gasteiger partial charge in [0.1, 0.15) is 0 Å². The first kappa shape index (κ1) is 77.6. The summed E-state index contributed by atoms with van der Waals surface area (Å²) in [7, 11) is 0. The molecule has 0 aromatic heterocycles. The molecule has 6 heteroatoms. The minimum absolute atomic E-state index is 0.0126. The van der Waals surface area contributed by atoms with Crippen molar-refractivity contribution in [1.29, 1.82) is 0 Å². The largest absolute Gasteiger partial charge is 0.466 e. The van der Waals surface area contributed by atoms with E-state index in [9.17, 15) is 19.8 Å². The number of rotatable bonds is 66. The van der Waals surface area contributed by atoms with Crippen LogP contribution >= 0.6 is 0 Å². The molecular formula is C74H137NO5. The third-order valence-corrected chi connectivity index (χ3v) is 16.3. The minimum atomic E-state index is -0.841. The number of hydrogen-bond donors (Lipinski definition) is 3. The van der Waals surface area contributed by atoms with Gasteiger partial charge in [0.05, 0.1) is 25.4 Å². The summed E-state index contributed by atoms with van der Waals surface area (Å²) in [5.74, 6) is -0.0553. The Bertz CT molecular complexity index is 1380. The summed E-state index contributed by atoms with van der Waals surface area (Å²) in [6.45, 7) is 4.86. The summed E-state index contributed by atoms with van der Waals surface area (Å²) in [5, 5.41) is 23.0. The summed E-state index contributed by atoms with van der Waals surface area (Å²) in [6, 6.07) is -0.625. The Morgan fingerprint density at radius 3 is 0.975 bits per heavy atom. The predicted octanol–water partition coefficient (Wildman–Crippen LogP) is 23.0. The van der Waals surface area contributed by atoms with Gasteiger partial charge in [0.2, 0.25) is 5.91 Å². The zero-order chi connectivity index (χ0) is 57.8. The van der Waals surface area contributed by atoms with Gasteiger partial charge in [-0.25, -0.2) is 0 Å². The van der Waals surface area contributed by atoms with Crippen molar-refractivity contribution in [3.8, 4) is 0 Å². The Labute approximate surface area is 499 Å². The summed E-state index contributed by atoms with van der Waals surface area (Å²) in [5.41, 5.74) is 0. The van der Waals surface area contributed by atoms with E-state index >= 15 is 0 Å². The molecule has 0 aliphatic heterocycles. The van der Waals surface area contributed by atoms with Gasteiger partial charge in [0.15, 0.2) is 0 Å². The van der Waals surface area contributed by atoms with Gasteiger partial charge in [-0.05, 0) is 96.3 Å². The molecule has 0 rings (SSSR count). The molecule has 1 amide bonds. The molecule has 0 spiro atoms. The molecule has 0 aliphatic rings. The Morgan fingerprint density at radius 1 is 0.350 bits per heavy atom. The summed E-state index contributed by atoms with van der Waals surface area (Å²) < 4.78 is 5.51. The van der Waals surface area contributed by atoms with Crippen molar-refractivity contribution >= 4 is 11.9 Å². The van der Waals surface area contributed by atoms with E-state index in [1.807, 2.05) is 6.08 Å². The lowest BCUT2D eigenvalue weighted by atomic mass is 10.0. The second-order valence-electron chi connectivity index (χ2n) is 24.2. The molecular weight excluding hydrogens is 983 g/mol. The third kappa shape index (κ3) is 64.7. The Balaban J connectivity index is 3.35. The maximum absolute atomic E-state index is 12.4. The molecule has 2 atom stereocenters. The van der Waals surface area contributed by atoms with Crippen LogP contribution < -0.4 is 5.32 Å². The van der Waals surface area contributed by atoms with Crippen molar-refractivity contribution in [2.24, 2.45) is 0 Å². The lowest BCUT2D eigenvalue weighted by molar-refractivity contribution is -0.143. The molecule has 0 bridgehead atoms. The Morgan fingerprint density at radius 2 is 0.625 bits per heavy atom. The minimum Gasteiger partial charge on any atom is -0.466 e. The molecule has 0 aliphatic carbocycles. The van der Waals surface area contributed by atoms with Crippen molar-refractivity contribution in [2.45, 2.75) is 386 Å². The van der Waals surface area contributed by atoms with Gasteiger partial charge >= 0.3 is 5.97 Å². The molecule has 0 fully saturated rings. The highest BCUT2D eigenvalue weighted by Crippen LogP contribution is 2.18. The standard InChI is InChI=1S/C74H137NO5/c1-3-5-7-9-11-13-14-15-16-17-35-39-42-45-48-52-56-60-64-68-74(79)80-69-65-61-57-53-49-46-43-40-37-34-32-30-28-26-24-22-20-18-19-21-23-25-27-29-31-33-36-38-41-44-47-51-55-59-63-67-73(78)75-71(70-76)72(77)66-62-58-54-50-12-10-8-6-4-2/h11,13,15-16,20,22,26,28,62,66,71-72,76-77H,3-10,12,14,17-19,21,23-25,27,29-61,63-65,67-70H2,1-2H3,(H,75,78)/b13-11-,16-15-,22-20-,28-26-,66-62+. The zero-order valence-corrected chi connectivity index (χ0v) is 53.6. The van der Waals surface area contributed by atoms with Gasteiger partial charge in [0.25, 0.3) is 0 Å². The monoisotopic (exact) mass is 1120 g/mol. The molecule has 80 heavy (non-hydrogen) atoms. The second-order valence-corrected chi connectivity index (χ2v) is 24.2. The van der Waals surface area contributed by atoms with E-state index in [-0.39, 0.29) is 18.5 Å². The number of esters is 1. The Hall–Kier alpha value is -2.44. The summed E-state index contributed by atoms with van der Waals surface area (Å²) >= 11 is 0. The van der Waals surface area contributed by atoms with E-state index in [0.29, 0.717) is 19.4 Å². The first-order chi connectivity index (χ1) is 39.5. The lowest BCUT2D eigenvalue weighted by Crippen LogP contribution is -2.45. The molecule has 6 nitrogen and oxygen atoms in total. The van der Waals surface area contributed by atoms with Crippen LogP contribution in [0.3, 0.4) is 0 Å². The molecule has 0 aromatic carbocycles. The number of amides is 1. The van der Waals surface area contributed by atoms with Crippen molar-refractivity contribution in [2.75, 3.05) is 13.2 Å². The third-order valence-electron chi connectivity index (χ3n) is 16.3. The van der Waals surface area contributed by atoms with Crippen LogP contribution in [0.15, 0.2) is 60.8 Å². The average Bonchev–Trinajstić information content (AvgIpc) is 3.46. The fourth-order valence-electron chi connectivity index (χ4n) is 10.8. The normalized spacial score (nSPS) is 12.9.